The number of hydrogen-bond acceptors (Lipinski definition) is 3. The summed E-state index contributed by atoms with van der Waals surface area (Å²) in [5, 5.41) is 7.00. The fourth-order valence-electron chi connectivity index (χ4n) is 0. The van der Waals surface area contributed by atoms with E-state index in [0.717, 1.165) is 7.11 Å². The van der Waals surface area contributed by atoms with Crippen LogP contribution in [0.2, 0.25) is 0 Å². The van der Waals surface area contributed by atoms with Crippen LogP contribution < -0.4 is 0 Å². The maximum absolute atomic E-state index is 8.12. The van der Waals surface area contributed by atoms with E-state index < -0.39 is 0 Å². The Labute approximate surface area is 72.1 Å². The normalized spacial score (nSPS) is 1.75. The molecule has 0 aliphatic heterocycles. The fraction of sp³-hybridized carbons (Fsp3) is 0.667. The van der Waals surface area contributed by atoms with E-state index in [0.29, 0.717) is 0 Å². The Morgan fingerprint density at radius 2 is 1.25 bits per heavy atom. The molecule has 51 valence electrons. The van der Waals surface area contributed by atoms with Crippen LogP contribution in [0.3, 0.4) is 0 Å². The topological polar surface area (TPSA) is 54.4 Å². The van der Waals surface area contributed by atoms with E-state index in [9.17, 15) is 0 Å². The van der Waals surface area contributed by atoms with Gasteiger partial charge in [-0.1, -0.05) is 7.43 Å². The molecule has 1 N–H and O–H groups in total. The summed E-state index contributed by atoms with van der Waals surface area (Å²) < 4.78 is 0. The third-order valence-electron chi connectivity index (χ3n) is 0. The van der Waals surface area contributed by atoms with E-state index in [1.54, 1.807) is 0 Å². The van der Waals surface area contributed by atoms with E-state index in [4.69, 9.17) is 14.7 Å². The van der Waals surface area contributed by atoms with Crippen molar-refractivity contribution in [3.63, 3.8) is 0 Å². The third kappa shape index (κ3) is 836. The molecule has 1 radical (unpaired) electrons. The van der Waals surface area contributed by atoms with Gasteiger partial charge >= 0.3 is 6.15 Å². The molecule has 5 heteroatoms. The second-order valence-electron chi connectivity index (χ2n) is 0.0833. The summed E-state index contributed by atoms with van der Waals surface area (Å²) in [6.07, 6.45) is 0.250. The van der Waals surface area contributed by atoms with Crippen molar-refractivity contribution in [2.45, 2.75) is 7.43 Å². The summed E-state index contributed by atoms with van der Waals surface area (Å²) in [5.41, 5.74) is 0. The Hall–Kier alpha value is 0.483. The average molecular weight is 221 g/mol. The van der Waals surface area contributed by atoms with Gasteiger partial charge in [0.15, 0.2) is 0 Å². The van der Waals surface area contributed by atoms with Crippen molar-refractivity contribution in [2.75, 3.05) is 7.11 Å². The van der Waals surface area contributed by atoms with Gasteiger partial charge in [-0.3, -0.25) is 0 Å². The molecular weight excluding hydrogens is 213 g/mol. The van der Waals surface area contributed by atoms with Gasteiger partial charge in [0.25, 0.3) is 0 Å². The first kappa shape index (κ1) is 39.2. The van der Waals surface area contributed by atoms with Gasteiger partial charge in [0.05, 0.1) is 0 Å². The predicted molar refractivity (Wildman–Crippen MR) is 19.9 cm³/mol. The maximum atomic E-state index is 8.12. The molecule has 0 aromatic rings. The van der Waals surface area contributed by atoms with Crippen molar-refractivity contribution in [2.24, 2.45) is 0 Å². The maximum Gasteiger partial charge on any atom is 0.373 e. The largest absolute Gasteiger partial charge is 0.400 e. The first-order valence-corrected chi connectivity index (χ1v) is 0.855. The first-order chi connectivity index (χ1) is 2.41. The van der Waals surface area contributed by atoms with Crippen LogP contribution in [0.15, 0.2) is 0 Å². The zero-order valence-electron chi connectivity index (χ0n) is 3.77. The van der Waals surface area contributed by atoms with Gasteiger partial charge in [-0.05, 0) is 0 Å². The predicted octanol–water partition coefficient (Wildman–Crippen LogP) is -0.344. The van der Waals surface area contributed by atoms with Gasteiger partial charge in [-0.15, -0.1) is 0 Å². The van der Waals surface area contributed by atoms with E-state index in [-0.39, 0.29) is 50.1 Å². The SMILES string of the molecule is C.CO.O=C=O.[Cu].[Zn]. The number of carbonyl (C=O) groups excluding carboxylic acids is 2. The van der Waals surface area contributed by atoms with Crippen molar-refractivity contribution < 1.29 is 51.2 Å². The molecule has 0 fully saturated rings. The van der Waals surface area contributed by atoms with Crippen LogP contribution >= 0.6 is 0 Å². The molecule has 0 aromatic heterocycles. The van der Waals surface area contributed by atoms with Crippen LogP contribution in [0, 0.1) is 0 Å². The van der Waals surface area contributed by atoms with Crippen molar-refractivity contribution in [1.82, 2.24) is 0 Å². The van der Waals surface area contributed by atoms with Gasteiger partial charge in [-0.25, -0.2) is 0 Å². The van der Waals surface area contributed by atoms with Crippen LogP contribution in [-0.2, 0) is 46.1 Å². The smallest absolute Gasteiger partial charge is 0.373 e. The molecular formula is C3H8CuO3Zn. The molecule has 3 nitrogen and oxygen atoms in total. The molecule has 0 heterocycles. The minimum absolute atomic E-state index is 0. The van der Waals surface area contributed by atoms with Gasteiger partial charge in [-0.2, -0.15) is 9.59 Å². The third-order valence-corrected chi connectivity index (χ3v) is 0. The Bertz CT molecular complexity index is 35.5. The van der Waals surface area contributed by atoms with Crippen molar-refractivity contribution in [3.05, 3.63) is 0 Å². The molecule has 0 bridgehead atoms. The molecule has 0 unspecified atom stereocenters. The number of aliphatic hydroxyl groups is 1. The zero-order valence-corrected chi connectivity index (χ0v) is 7.68. The van der Waals surface area contributed by atoms with E-state index in [1.807, 2.05) is 0 Å². The van der Waals surface area contributed by atoms with Crippen molar-refractivity contribution in [3.8, 4) is 0 Å². The summed E-state index contributed by atoms with van der Waals surface area (Å²) in [6.45, 7) is 0. The van der Waals surface area contributed by atoms with Gasteiger partial charge < -0.3 is 5.11 Å². The molecule has 0 amide bonds. The minimum Gasteiger partial charge on any atom is -0.400 e. The average Bonchev–Trinajstić information content (AvgIpc) is 1.46. The monoisotopic (exact) mass is 219 g/mol. The van der Waals surface area contributed by atoms with Gasteiger partial charge in [0.1, 0.15) is 0 Å². The summed E-state index contributed by atoms with van der Waals surface area (Å²) >= 11 is 0. The fourth-order valence-corrected chi connectivity index (χ4v) is 0. The van der Waals surface area contributed by atoms with Crippen LogP contribution in [0.4, 0.5) is 0 Å². The molecule has 0 rings (SSSR count). The zero-order chi connectivity index (χ0) is 4.71. The Morgan fingerprint density at radius 1 is 1.25 bits per heavy atom. The van der Waals surface area contributed by atoms with Gasteiger partial charge in [0.2, 0.25) is 0 Å². The number of hydrogen-bond donors (Lipinski definition) is 1. The van der Waals surface area contributed by atoms with Crippen LogP contribution in [0.1, 0.15) is 7.43 Å². The molecule has 0 atom stereocenters. The van der Waals surface area contributed by atoms with Crippen LogP contribution in [-0.4, -0.2) is 18.4 Å². The molecule has 0 saturated heterocycles. The summed E-state index contributed by atoms with van der Waals surface area (Å²) in [6, 6.07) is 0. The number of aliphatic hydroxyl groups excluding tert-OH is 1. The molecule has 0 aliphatic rings. The molecule has 0 aliphatic carbocycles. The van der Waals surface area contributed by atoms with Crippen molar-refractivity contribution in [1.29, 1.82) is 0 Å². The standard InChI is InChI=1S/CO2.CH4O.CH4.Cu.Zn/c2-1-3;1-2;;;/h;2H,1H3;1H4;;. The molecule has 8 heavy (non-hydrogen) atoms. The second kappa shape index (κ2) is 143. The summed E-state index contributed by atoms with van der Waals surface area (Å²) in [7, 11) is 1.00. The minimum atomic E-state index is 0. The van der Waals surface area contributed by atoms with Crippen molar-refractivity contribution >= 4 is 6.15 Å². The Balaban J connectivity index is -0.00000000567. The second-order valence-corrected chi connectivity index (χ2v) is 0.0833. The quantitative estimate of drug-likeness (QED) is 0.569. The van der Waals surface area contributed by atoms with Crippen LogP contribution in [0.5, 0.6) is 0 Å². The Morgan fingerprint density at radius 3 is 1.25 bits per heavy atom. The van der Waals surface area contributed by atoms with Gasteiger partial charge in [0, 0.05) is 43.7 Å². The number of rotatable bonds is 0. The summed E-state index contributed by atoms with van der Waals surface area (Å²) in [4.78, 5) is 16.2. The Kier molecular flexibility index (Phi) is 700. The van der Waals surface area contributed by atoms with E-state index in [2.05, 4.69) is 0 Å². The molecule has 0 saturated carbocycles. The first-order valence-electron chi connectivity index (χ1n) is 0.855. The molecule has 0 spiro atoms. The summed E-state index contributed by atoms with van der Waals surface area (Å²) in [5.74, 6) is 0. The van der Waals surface area contributed by atoms with E-state index >= 15 is 0 Å². The molecule has 0 aromatic carbocycles. The van der Waals surface area contributed by atoms with E-state index in [1.165, 1.54) is 0 Å². The van der Waals surface area contributed by atoms with Crippen LogP contribution in [0.25, 0.3) is 0 Å².